The van der Waals surface area contributed by atoms with E-state index in [1.807, 2.05) is 12.1 Å². The van der Waals surface area contributed by atoms with Crippen molar-refractivity contribution >= 4 is 60.0 Å². The van der Waals surface area contributed by atoms with Gasteiger partial charge in [0.05, 0.1) is 23.3 Å². The predicted octanol–water partition coefficient (Wildman–Crippen LogP) is 12.6. The van der Waals surface area contributed by atoms with Gasteiger partial charge in [0.2, 0.25) is 0 Å². The molecule has 4 aliphatic carbocycles. The van der Waals surface area contributed by atoms with Crippen LogP contribution in [-0.4, -0.2) is 60.0 Å². The van der Waals surface area contributed by atoms with Gasteiger partial charge < -0.3 is 28.1 Å². The first kappa shape index (κ1) is 45.5. The molecule has 2 aromatic rings. The van der Waals surface area contributed by atoms with Crippen LogP contribution in [0.15, 0.2) is 24.3 Å². The molecule has 322 valence electrons. The summed E-state index contributed by atoms with van der Waals surface area (Å²) in [6, 6.07) is 7.33. The van der Waals surface area contributed by atoms with Crippen LogP contribution >= 0.6 is 37.5 Å². The molecule has 2 aromatic carbocycles. The second kappa shape index (κ2) is 20.7. The molecule has 0 aromatic heterocycles. The molecular weight excluding hydrogens is 813 g/mol. The maximum Gasteiger partial charge on any atom is 0.347 e. The molecule has 58 heavy (non-hydrogen) atoms. The van der Waals surface area contributed by atoms with Gasteiger partial charge in [0.25, 0.3) is 0 Å². The van der Waals surface area contributed by atoms with Crippen LogP contribution in [0.5, 0.6) is 11.5 Å². The molecule has 2 unspecified atom stereocenters. The highest BCUT2D eigenvalue weighted by Gasteiger charge is 2.49. The predicted molar refractivity (Wildman–Crippen MR) is 237 cm³/mol. The third-order valence-electron chi connectivity index (χ3n) is 13.5. The minimum Gasteiger partial charge on any atom is -0.477 e. The standard InChI is InChI=1S/C46H66Cl2O8P2/c1-5-53-45(49)31(3)55-43-37(47)27-29-39(57(51,33-19-11-7-12-20-33)34-21-13-8-14-22-34)41(43)42-40(30-28-38(48)44(42)56-32(4)46(50)54-6-2)58(52,35-23-15-9-16-24-35)36-25-17-10-18-26-36/h27-36H,5-26H2,1-4H3. The highest BCUT2D eigenvalue weighted by atomic mass is 35.5. The number of hydrogen-bond acceptors (Lipinski definition) is 8. The first-order valence-electron chi connectivity index (χ1n) is 22.5. The summed E-state index contributed by atoms with van der Waals surface area (Å²) < 4.78 is 58.0. The van der Waals surface area contributed by atoms with Crippen molar-refractivity contribution < 1.29 is 37.7 Å². The van der Waals surface area contributed by atoms with E-state index < -0.39 is 38.4 Å². The largest absolute Gasteiger partial charge is 0.477 e. The van der Waals surface area contributed by atoms with Crippen molar-refractivity contribution in [1.29, 1.82) is 0 Å². The number of halogens is 2. The highest BCUT2D eigenvalue weighted by Crippen LogP contribution is 2.67. The summed E-state index contributed by atoms with van der Waals surface area (Å²) in [5.74, 6) is -0.789. The van der Waals surface area contributed by atoms with Gasteiger partial charge in [0.1, 0.15) is 25.8 Å². The Morgan fingerprint density at radius 3 is 1.07 bits per heavy atom. The lowest BCUT2D eigenvalue weighted by molar-refractivity contribution is -0.151. The van der Waals surface area contributed by atoms with Gasteiger partial charge in [-0.1, -0.05) is 100 Å². The van der Waals surface area contributed by atoms with Crippen molar-refractivity contribution in [1.82, 2.24) is 0 Å². The van der Waals surface area contributed by atoms with Crippen LogP contribution in [0.1, 0.15) is 156 Å². The molecular formula is C46H66Cl2O8P2. The molecule has 12 heteroatoms. The second-order valence-electron chi connectivity index (χ2n) is 17.2. The molecule has 4 fully saturated rings. The molecule has 0 bridgehead atoms. The van der Waals surface area contributed by atoms with E-state index in [-0.39, 0.29) is 57.4 Å². The van der Waals surface area contributed by atoms with E-state index in [4.69, 9.17) is 42.1 Å². The molecule has 0 heterocycles. The van der Waals surface area contributed by atoms with E-state index >= 15 is 9.13 Å². The van der Waals surface area contributed by atoms with Crippen molar-refractivity contribution in [3.05, 3.63) is 34.3 Å². The Morgan fingerprint density at radius 2 is 0.810 bits per heavy atom. The van der Waals surface area contributed by atoms with Crippen molar-refractivity contribution in [2.75, 3.05) is 13.2 Å². The Bertz CT molecular complexity index is 1650. The first-order chi connectivity index (χ1) is 28.0. The molecule has 0 radical (unpaired) electrons. The van der Waals surface area contributed by atoms with E-state index in [1.165, 1.54) is 0 Å². The molecule has 0 amide bonds. The lowest BCUT2D eigenvalue weighted by atomic mass is 9.99. The van der Waals surface area contributed by atoms with Gasteiger partial charge in [-0.2, -0.15) is 0 Å². The normalized spacial score (nSPS) is 20.6. The fourth-order valence-electron chi connectivity index (χ4n) is 10.6. The van der Waals surface area contributed by atoms with Crippen LogP contribution in [0, 0.1) is 0 Å². The maximum absolute atomic E-state index is 16.9. The van der Waals surface area contributed by atoms with E-state index in [0.29, 0.717) is 21.7 Å². The van der Waals surface area contributed by atoms with Crippen LogP contribution in [0.3, 0.4) is 0 Å². The Hall–Kier alpha value is -1.98. The minimum absolute atomic E-state index is 0.0615. The summed E-state index contributed by atoms with van der Waals surface area (Å²) in [7, 11) is -6.64. The number of benzene rings is 2. The number of carbonyl (C=O) groups excluding carboxylic acids is 2. The first-order valence-corrected chi connectivity index (χ1v) is 26.9. The Balaban J connectivity index is 1.75. The van der Waals surface area contributed by atoms with Crippen LogP contribution < -0.4 is 20.1 Å². The van der Waals surface area contributed by atoms with E-state index in [0.717, 1.165) is 128 Å². The summed E-state index contributed by atoms with van der Waals surface area (Å²) in [5, 5.41) is 1.68. The average Bonchev–Trinajstić information content (AvgIpc) is 3.25. The molecule has 4 saturated carbocycles. The summed E-state index contributed by atoms with van der Waals surface area (Å²) >= 11 is 14.5. The van der Waals surface area contributed by atoms with Gasteiger partial charge in [-0.05, 0) is 103 Å². The maximum atomic E-state index is 16.9. The zero-order valence-corrected chi connectivity index (χ0v) is 38.5. The third kappa shape index (κ3) is 9.56. The lowest BCUT2D eigenvalue weighted by Crippen LogP contribution is -2.34. The van der Waals surface area contributed by atoms with Crippen molar-refractivity contribution in [2.45, 2.75) is 191 Å². The van der Waals surface area contributed by atoms with E-state index in [1.54, 1.807) is 39.8 Å². The monoisotopic (exact) mass is 878 g/mol. The van der Waals surface area contributed by atoms with E-state index in [2.05, 4.69) is 0 Å². The number of ether oxygens (including phenoxy) is 4. The Morgan fingerprint density at radius 1 is 0.534 bits per heavy atom. The summed E-state index contributed by atoms with van der Waals surface area (Å²) in [6.07, 6.45) is 17.0. The molecule has 8 nitrogen and oxygen atoms in total. The van der Waals surface area contributed by atoms with Gasteiger partial charge in [-0.15, -0.1) is 0 Å². The third-order valence-corrected chi connectivity index (χ3v) is 22.7. The molecule has 0 aliphatic heterocycles. The smallest absolute Gasteiger partial charge is 0.347 e. The van der Waals surface area contributed by atoms with E-state index in [9.17, 15) is 9.59 Å². The van der Waals surface area contributed by atoms with Gasteiger partial charge in [-0.25, -0.2) is 9.59 Å². The van der Waals surface area contributed by atoms with Crippen molar-refractivity contribution in [2.24, 2.45) is 0 Å². The fraction of sp³-hybridized carbons (Fsp3) is 0.696. The number of rotatable bonds is 15. The molecule has 2 atom stereocenters. The SMILES string of the molecule is CCOC(=O)C(C)Oc1c(Cl)ccc(P(=O)(C2CCCCC2)C2CCCCC2)c1-c1c(P(=O)(C2CCCCC2)C2CCCCC2)ccc(Cl)c1OC(C)C(=O)OCC. The van der Waals surface area contributed by atoms with Crippen molar-refractivity contribution in [3.63, 3.8) is 0 Å². The van der Waals surface area contributed by atoms with Crippen LogP contribution in [-0.2, 0) is 28.2 Å². The number of hydrogen-bond donors (Lipinski definition) is 0. The van der Waals surface area contributed by atoms with Crippen LogP contribution in [0.4, 0.5) is 0 Å². The Labute approximate surface area is 357 Å². The minimum atomic E-state index is -3.32. The highest BCUT2D eigenvalue weighted by molar-refractivity contribution is 7.74. The number of carbonyl (C=O) groups is 2. The topological polar surface area (TPSA) is 105 Å². The summed E-state index contributed by atoms with van der Waals surface area (Å²) in [6.45, 7) is 7.07. The number of esters is 2. The summed E-state index contributed by atoms with van der Waals surface area (Å²) in [5.41, 5.74) is 0.612. The second-order valence-corrected chi connectivity index (χ2v) is 24.7. The summed E-state index contributed by atoms with van der Waals surface area (Å²) in [4.78, 5) is 26.7. The fourth-order valence-corrected chi connectivity index (χ4v) is 20.0. The molecule has 6 rings (SSSR count). The molecule has 4 aliphatic rings. The Kier molecular flexibility index (Phi) is 16.3. The molecule has 0 N–H and O–H groups in total. The molecule has 0 saturated heterocycles. The molecule has 0 spiro atoms. The van der Waals surface area contributed by atoms with Crippen molar-refractivity contribution in [3.8, 4) is 22.6 Å². The quantitative estimate of drug-likeness (QED) is 0.129. The van der Waals surface area contributed by atoms with Gasteiger partial charge in [0, 0.05) is 44.4 Å². The van der Waals surface area contributed by atoms with Gasteiger partial charge in [0.15, 0.2) is 12.2 Å². The van der Waals surface area contributed by atoms with Crippen LogP contribution in [0.25, 0.3) is 11.1 Å². The lowest BCUT2D eigenvalue weighted by Gasteiger charge is -2.41. The average molecular weight is 880 g/mol. The van der Waals surface area contributed by atoms with Gasteiger partial charge in [-0.3, -0.25) is 0 Å². The van der Waals surface area contributed by atoms with Crippen LogP contribution in [0.2, 0.25) is 10.0 Å². The van der Waals surface area contributed by atoms with Gasteiger partial charge >= 0.3 is 11.9 Å². The zero-order chi connectivity index (χ0) is 41.5. The zero-order valence-electron chi connectivity index (χ0n) is 35.2.